The van der Waals surface area contributed by atoms with Crippen LogP contribution in [0.5, 0.6) is 23.0 Å². The molecule has 0 radical (unpaired) electrons. The maximum Gasteiger partial charge on any atom is 0.418 e. The van der Waals surface area contributed by atoms with Gasteiger partial charge in [0.2, 0.25) is 0 Å². The van der Waals surface area contributed by atoms with E-state index in [2.05, 4.69) is 41.5 Å². The highest BCUT2D eigenvalue weighted by Crippen LogP contribution is 2.47. The van der Waals surface area contributed by atoms with Crippen LogP contribution in [0.1, 0.15) is 24.0 Å². The fourth-order valence-corrected chi connectivity index (χ4v) is 10.3. The molecule has 4 aromatic rings. The van der Waals surface area contributed by atoms with E-state index in [-0.39, 0.29) is 0 Å². The molecule has 0 N–H and O–H groups in total. The van der Waals surface area contributed by atoms with Gasteiger partial charge in [-0.1, -0.05) is 48.5 Å². The van der Waals surface area contributed by atoms with E-state index in [1.807, 2.05) is 86.9 Å². The number of likely N-dealkylation sites (N-methyl/N-ethyl adjacent to an activating group) is 2. The molecule has 0 saturated carbocycles. The number of nitrogens with zero attached hydrogens (tertiary/aromatic N) is 6. The quantitative estimate of drug-likeness (QED) is 0.162. The fourth-order valence-electron chi connectivity index (χ4n) is 10.3. The van der Waals surface area contributed by atoms with E-state index in [9.17, 15) is 9.59 Å². The second kappa shape index (κ2) is 16.8. The number of rotatable bonds is 10. The van der Waals surface area contributed by atoms with Crippen molar-refractivity contribution in [3.63, 3.8) is 0 Å². The lowest BCUT2D eigenvalue weighted by atomic mass is 9.91. The summed E-state index contributed by atoms with van der Waals surface area (Å²) in [6, 6.07) is 28.2. The fraction of sp³-hybridized carbons (Fsp3) is 0.458. The van der Waals surface area contributed by atoms with Crippen molar-refractivity contribution < 1.29 is 38.0 Å². The molecule has 0 bridgehead atoms. The average Bonchev–Trinajstić information content (AvgIpc) is 3.76. The molecule has 6 aliphatic heterocycles. The number of piperazine rings is 2. The van der Waals surface area contributed by atoms with Crippen molar-refractivity contribution in [2.45, 2.75) is 24.0 Å². The van der Waals surface area contributed by atoms with Gasteiger partial charge in [0.1, 0.15) is 26.4 Å². The Balaban J connectivity index is 0.822. The lowest BCUT2D eigenvalue weighted by molar-refractivity contribution is -0.187. The van der Waals surface area contributed by atoms with Gasteiger partial charge in [0, 0.05) is 115 Å². The van der Waals surface area contributed by atoms with Gasteiger partial charge in [-0.05, 0) is 36.4 Å². The summed E-state index contributed by atoms with van der Waals surface area (Å²) in [5.74, 6) is 1.29. The first-order valence-electron chi connectivity index (χ1n) is 22.1. The van der Waals surface area contributed by atoms with Crippen LogP contribution in [0.3, 0.4) is 0 Å². The number of para-hydroxylation sites is 4. The van der Waals surface area contributed by atoms with E-state index >= 15 is 0 Å². The Kier molecular flexibility index (Phi) is 10.9. The van der Waals surface area contributed by atoms with Crippen molar-refractivity contribution in [3.05, 3.63) is 96.1 Å². The molecule has 2 unspecified atom stereocenters. The topological polar surface area (TPSA) is 109 Å². The molecule has 6 aliphatic rings. The number of carbonyl (C=O) groups excluding carboxylic acids is 2. The first-order chi connectivity index (χ1) is 30.3. The largest absolute Gasteiger partial charge is 0.486 e. The Bertz CT molecular complexity index is 2140. The first kappa shape index (κ1) is 40.2. The smallest absolute Gasteiger partial charge is 0.418 e. The molecule has 2 saturated heterocycles. The van der Waals surface area contributed by atoms with Crippen molar-refractivity contribution >= 4 is 34.7 Å². The summed E-state index contributed by atoms with van der Waals surface area (Å²) < 4.78 is 36.7. The molecule has 62 heavy (non-hydrogen) atoms. The highest BCUT2D eigenvalue weighted by molar-refractivity contribution is 6.30. The summed E-state index contributed by atoms with van der Waals surface area (Å²) >= 11 is 0. The van der Waals surface area contributed by atoms with Gasteiger partial charge in [-0.15, -0.1) is 0 Å². The summed E-state index contributed by atoms with van der Waals surface area (Å²) in [4.78, 5) is 42.3. The Hall–Kier alpha value is -5.86. The SMILES string of the molecule is CN1CC(CCN2CCN(c3cccc4c3OCCO4)CC2)(OC(=O)C(=O)OC2(CCN3CCN(c4cccc5c4OCCO5)CC3)CN(C)c3ccccc32)c2ccccc21. The number of benzene rings is 4. The van der Waals surface area contributed by atoms with Gasteiger partial charge in [0.25, 0.3) is 0 Å². The normalized spacial score (nSPS) is 23.2. The van der Waals surface area contributed by atoms with Crippen molar-refractivity contribution in [1.82, 2.24) is 9.80 Å². The number of anilines is 4. The molecular formula is C48H56N6O8. The molecule has 10 rings (SSSR count). The lowest BCUT2D eigenvalue weighted by Crippen LogP contribution is -2.50. The Morgan fingerprint density at radius 3 is 1.32 bits per heavy atom. The maximum absolute atomic E-state index is 14.3. The third-order valence-electron chi connectivity index (χ3n) is 13.5. The number of esters is 2. The summed E-state index contributed by atoms with van der Waals surface area (Å²) in [5, 5.41) is 0. The van der Waals surface area contributed by atoms with Crippen LogP contribution in [0, 0.1) is 0 Å². The van der Waals surface area contributed by atoms with Gasteiger partial charge < -0.3 is 48.0 Å². The summed E-state index contributed by atoms with van der Waals surface area (Å²) in [7, 11) is 4.02. The molecule has 0 amide bonds. The summed E-state index contributed by atoms with van der Waals surface area (Å²) in [5.41, 5.74) is 3.84. The van der Waals surface area contributed by atoms with Crippen molar-refractivity contribution in [2.24, 2.45) is 0 Å². The number of ether oxygens (including phenoxy) is 6. The van der Waals surface area contributed by atoms with Crippen LogP contribution in [0.2, 0.25) is 0 Å². The highest BCUT2D eigenvalue weighted by Gasteiger charge is 2.50. The van der Waals surface area contributed by atoms with E-state index in [1.165, 1.54) is 0 Å². The summed E-state index contributed by atoms with van der Waals surface area (Å²) in [6.45, 7) is 11.1. The van der Waals surface area contributed by atoms with E-state index in [0.717, 1.165) is 109 Å². The predicted molar refractivity (Wildman–Crippen MR) is 236 cm³/mol. The van der Waals surface area contributed by atoms with E-state index in [0.29, 0.717) is 65.4 Å². The van der Waals surface area contributed by atoms with Gasteiger partial charge in [-0.3, -0.25) is 9.80 Å². The maximum atomic E-state index is 14.3. The Labute approximate surface area is 363 Å². The third kappa shape index (κ3) is 7.57. The monoisotopic (exact) mass is 844 g/mol. The standard InChI is InChI=1S/C48H56N6O8/c1-49-33-47(35-9-3-5-11-37(35)49,17-19-51-21-25-53(26-22-51)39-13-7-15-41-43(39)59-31-29-57-41)61-45(55)46(56)62-48(34-50(2)38-12-6-4-10-36(38)48)18-20-52-23-27-54(28-24-52)40-14-8-16-42-44(40)60-32-30-58-42/h3-16H,17-34H2,1-2H3. The van der Waals surface area contributed by atoms with Crippen molar-refractivity contribution in [3.8, 4) is 23.0 Å². The first-order valence-corrected chi connectivity index (χ1v) is 22.1. The zero-order valence-corrected chi connectivity index (χ0v) is 35.8. The molecule has 326 valence electrons. The molecule has 14 nitrogen and oxygen atoms in total. The van der Waals surface area contributed by atoms with Gasteiger partial charge in [0.05, 0.1) is 24.5 Å². The third-order valence-corrected chi connectivity index (χ3v) is 13.5. The van der Waals surface area contributed by atoms with Crippen molar-refractivity contribution in [1.29, 1.82) is 0 Å². The second-order valence-electron chi connectivity index (χ2n) is 17.3. The van der Waals surface area contributed by atoms with E-state index in [1.54, 1.807) is 0 Å². The number of hydrogen-bond acceptors (Lipinski definition) is 14. The Morgan fingerprint density at radius 1 is 0.500 bits per heavy atom. The van der Waals surface area contributed by atoms with Gasteiger partial charge in [-0.25, -0.2) is 9.59 Å². The highest BCUT2D eigenvalue weighted by atomic mass is 16.6. The van der Waals surface area contributed by atoms with Crippen LogP contribution in [0.4, 0.5) is 22.7 Å². The van der Waals surface area contributed by atoms with E-state index < -0.39 is 23.1 Å². The molecular weight excluding hydrogens is 789 g/mol. The minimum absolute atomic E-state index is 0.437. The van der Waals surface area contributed by atoms with Crippen LogP contribution in [0.15, 0.2) is 84.9 Å². The van der Waals surface area contributed by atoms with E-state index in [4.69, 9.17) is 28.4 Å². The number of carbonyl (C=O) groups is 2. The van der Waals surface area contributed by atoms with Crippen LogP contribution in [-0.4, -0.2) is 141 Å². The molecule has 2 fully saturated rings. The molecule has 0 aromatic heterocycles. The van der Waals surface area contributed by atoms with Gasteiger partial charge in [0.15, 0.2) is 34.2 Å². The zero-order valence-electron chi connectivity index (χ0n) is 35.8. The number of fused-ring (bicyclic) bond motifs is 4. The minimum Gasteiger partial charge on any atom is -0.486 e. The molecule has 14 heteroatoms. The average molecular weight is 845 g/mol. The lowest BCUT2D eigenvalue weighted by Gasteiger charge is -2.39. The molecule has 0 spiro atoms. The zero-order chi connectivity index (χ0) is 42.3. The van der Waals surface area contributed by atoms with Gasteiger partial charge >= 0.3 is 11.9 Å². The van der Waals surface area contributed by atoms with Crippen LogP contribution < -0.4 is 38.5 Å². The summed E-state index contributed by atoms with van der Waals surface area (Å²) in [6.07, 6.45) is 1.05. The molecule has 2 atom stereocenters. The van der Waals surface area contributed by atoms with Crippen LogP contribution in [0.25, 0.3) is 0 Å². The van der Waals surface area contributed by atoms with Crippen molar-refractivity contribution in [2.75, 3.05) is 139 Å². The second-order valence-corrected chi connectivity index (χ2v) is 17.3. The number of hydrogen-bond donors (Lipinski definition) is 0. The predicted octanol–water partition coefficient (Wildman–Crippen LogP) is 4.73. The molecule has 6 heterocycles. The Morgan fingerprint density at radius 2 is 0.887 bits per heavy atom. The molecule has 0 aliphatic carbocycles. The van der Waals surface area contributed by atoms with Gasteiger partial charge in [-0.2, -0.15) is 0 Å². The molecule has 4 aromatic carbocycles. The van der Waals surface area contributed by atoms with Crippen LogP contribution in [-0.2, 0) is 30.3 Å². The minimum atomic E-state index is -1.03. The van der Waals surface area contributed by atoms with Crippen LogP contribution >= 0.6 is 0 Å².